The summed E-state index contributed by atoms with van der Waals surface area (Å²) in [5.41, 5.74) is 0. The molecule has 5 nitrogen and oxygen atoms in total. The van der Waals surface area contributed by atoms with Crippen LogP contribution in [0.5, 0.6) is 5.75 Å². The Morgan fingerprint density at radius 3 is 2.89 bits per heavy atom. The third-order valence-electron chi connectivity index (χ3n) is 2.93. The number of rotatable bonds is 5. The molecule has 0 saturated carbocycles. The van der Waals surface area contributed by atoms with E-state index in [2.05, 4.69) is 0 Å². The lowest BCUT2D eigenvalue weighted by molar-refractivity contribution is 0.0899. The molecule has 1 aliphatic heterocycles. The summed E-state index contributed by atoms with van der Waals surface area (Å²) in [5, 5.41) is 5.02. The average Bonchev–Trinajstić information content (AvgIpc) is 2.83. The van der Waals surface area contributed by atoms with E-state index in [4.69, 9.17) is 14.6 Å². The van der Waals surface area contributed by atoms with E-state index < -0.39 is 15.8 Å². The molecule has 1 fully saturated rings. The quantitative estimate of drug-likeness (QED) is 0.889. The number of sulfonamides is 1. The highest BCUT2D eigenvalue weighted by atomic mass is 32.2. The maximum Gasteiger partial charge on any atom is 0.241 e. The predicted molar refractivity (Wildman–Crippen MR) is 66.9 cm³/mol. The summed E-state index contributed by atoms with van der Waals surface area (Å²) in [7, 11) is -4.00. The van der Waals surface area contributed by atoms with Crippen LogP contribution in [0.1, 0.15) is 19.3 Å². The van der Waals surface area contributed by atoms with Gasteiger partial charge in [0.25, 0.3) is 0 Å². The van der Waals surface area contributed by atoms with Crippen LogP contribution in [0.4, 0.5) is 4.39 Å². The number of ether oxygens (including phenoxy) is 2. The van der Waals surface area contributed by atoms with Crippen LogP contribution in [-0.2, 0) is 14.8 Å². The second kappa shape index (κ2) is 5.85. The fraction of sp³-hybridized carbons (Fsp3) is 0.500. The van der Waals surface area contributed by atoms with Gasteiger partial charge in [-0.1, -0.05) is 0 Å². The number of benzene rings is 1. The van der Waals surface area contributed by atoms with Gasteiger partial charge < -0.3 is 9.47 Å². The fourth-order valence-corrected chi connectivity index (χ4v) is 2.68. The smallest absolute Gasteiger partial charge is 0.241 e. The number of nitrogens with two attached hydrogens (primary N) is 1. The molecule has 0 amide bonds. The van der Waals surface area contributed by atoms with E-state index in [0.29, 0.717) is 13.0 Å². The highest BCUT2D eigenvalue weighted by molar-refractivity contribution is 7.89. The van der Waals surface area contributed by atoms with Crippen molar-refractivity contribution in [3.63, 3.8) is 0 Å². The molecule has 0 aliphatic carbocycles. The van der Waals surface area contributed by atoms with Crippen molar-refractivity contribution >= 4 is 10.0 Å². The summed E-state index contributed by atoms with van der Waals surface area (Å²) in [6.45, 7) is 1.06. The van der Waals surface area contributed by atoms with Gasteiger partial charge in [-0.3, -0.25) is 0 Å². The van der Waals surface area contributed by atoms with Crippen molar-refractivity contribution in [2.24, 2.45) is 5.14 Å². The van der Waals surface area contributed by atoms with Gasteiger partial charge in [0.15, 0.2) is 0 Å². The molecule has 1 saturated heterocycles. The molecule has 0 aromatic heterocycles. The number of halogens is 1. The minimum Gasteiger partial charge on any atom is -0.492 e. The van der Waals surface area contributed by atoms with Crippen LogP contribution in [0, 0.1) is 5.82 Å². The third-order valence-corrected chi connectivity index (χ3v) is 3.87. The molecule has 106 valence electrons. The van der Waals surface area contributed by atoms with E-state index in [0.717, 1.165) is 31.6 Å². The first-order chi connectivity index (χ1) is 8.97. The first kappa shape index (κ1) is 14.2. The molecule has 19 heavy (non-hydrogen) atoms. The molecule has 1 atom stereocenters. The Hall–Kier alpha value is -1.18. The number of hydrogen-bond acceptors (Lipinski definition) is 4. The van der Waals surface area contributed by atoms with Crippen molar-refractivity contribution in [1.82, 2.24) is 0 Å². The van der Waals surface area contributed by atoms with Crippen molar-refractivity contribution < 1.29 is 22.3 Å². The highest BCUT2D eigenvalue weighted by Gasteiger charge is 2.18. The van der Waals surface area contributed by atoms with E-state index in [1.807, 2.05) is 0 Å². The highest BCUT2D eigenvalue weighted by Crippen LogP contribution is 2.24. The van der Waals surface area contributed by atoms with Crippen LogP contribution < -0.4 is 9.88 Å². The third kappa shape index (κ3) is 3.89. The van der Waals surface area contributed by atoms with Crippen molar-refractivity contribution in [3.8, 4) is 5.75 Å². The Balaban J connectivity index is 2.03. The van der Waals surface area contributed by atoms with Crippen molar-refractivity contribution in [1.29, 1.82) is 0 Å². The predicted octanol–water partition coefficient (Wildman–Crippen LogP) is 1.42. The normalized spacial score (nSPS) is 19.6. The second-order valence-corrected chi connectivity index (χ2v) is 5.94. The topological polar surface area (TPSA) is 78.6 Å². The lowest BCUT2D eigenvalue weighted by atomic mass is 10.2. The Morgan fingerprint density at radius 2 is 2.26 bits per heavy atom. The fourth-order valence-electron chi connectivity index (χ4n) is 2.00. The van der Waals surface area contributed by atoms with Gasteiger partial charge in [-0.15, -0.1) is 0 Å². The molecule has 1 aromatic rings. The summed E-state index contributed by atoms with van der Waals surface area (Å²) >= 11 is 0. The molecular formula is C12H16FNO4S. The molecule has 1 aromatic carbocycles. The first-order valence-electron chi connectivity index (χ1n) is 6.03. The molecule has 2 rings (SSSR count). The van der Waals surface area contributed by atoms with E-state index in [-0.39, 0.29) is 16.7 Å². The summed E-state index contributed by atoms with van der Waals surface area (Å²) < 4.78 is 46.5. The van der Waals surface area contributed by atoms with Gasteiger partial charge in [0.1, 0.15) is 16.5 Å². The molecule has 1 aliphatic rings. The summed E-state index contributed by atoms with van der Waals surface area (Å²) in [6.07, 6.45) is 2.83. The van der Waals surface area contributed by atoms with E-state index in [1.54, 1.807) is 0 Å². The zero-order chi connectivity index (χ0) is 13.9. The van der Waals surface area contributed by atoms with Gasteiger partial charge in [-0.2, -0.15) is 0 Å². The van der Waals surface area contributed by atoms with Crippen molar-refractivity contribution in [2.45, 2.75) is 30.3 Å². The van der Waals surface area contributed by atoms with Crippen LogP contribution >= 0.6 is 0 Å². The SMILES string of the molecule is NS(=O)(=O)c1cc(F)ccc1OCCC1CCCO1. The number of primary sulfonamides is 1. The van der Waals surface area contributed by atoms with Gasteiger partial charge in [0.2, 0.25) is 10.0 Å². The van der Waals surface area contributed by atoms with Crippen LogP contribution in [0.2, 0.25) is 0 Å². The van der Waals surface area contributed by atoms with E-state index >= 15 is 0 Å². The van der Waals surface area contributed by atoms with Gasteiger partial charge in [-0.05, 0) is 31.0 Å². The summed E-state index contributed by atoms with van der Waals surface area (Å²) in [5.74, 6) is -0.600. The summed E-state index contributed by atoms with van der Waals surface area (Å²) in [4.78, 5) is -0.333. The largest absolute Gasteiger partial charge is 0.492 e. The maximum absolute atomic E-state index is 13.0. The minimum atomic E-state index is -4.00. The molecule has 0 bridgehead atoms. The Labute approximate surface area is 111 Å². The Morgan fingerprint density at radius 1 is 1.47 bits per heavy atom. The lowest BCUT2D eigenvalue weighted by Crippen LogP contribution is -2.16. The Kier molecular flexibility index (Phi) is 4.38. The van der Waals surface area contributed by atoms with Gasteiger partial charge in [0, 0.05) is 13.0 Å². The van der Waals surface area contributed by atoms with E-state index in [1.165, 1.54) is 6.07 Å². The minimum absolute atomic E-state index is 0.0712. The van der Waals surface area contributed by atoms with Crippen molar-refractivity contribution in [2.75, 3.05) is 13.2 Å². The van der Waals surface area contributed by atoms with Gasteiger partial charge >= 0.3 is 0 Å². The number of hydrogen-bond donors (Lipinski definition) is 1. The van der Waals surface area contributed by atoms with E-state index in [9.17, 15) is 12.8 Å². The lowest BCUT2D eigenvalue weighted by Gasteiger charge is -2.12. The van der Waals surface area contributed by atoms with Crippen molar-refractivity contribution in [3.05, 3.63) is 24.0 Å². The zero-order valence-electron chi connectivity index (χ0n) is 10.3. The molecular weight excluding hydrogens is 273 g/mol. The molecule has 1 unspecified atom stereocenters. The summed E-state index contributed by atoms with van der Waals surface area (Å²) in [6, 6.07) is 3.26. The molecule has 0 radical (unpaired) electrons. The monoisotopic (exact) mass is 289 g/mol. The Bertz CT molecular complexity index is 541. The van der Waals surface area contributed by atoms with Crippen LogP contribution in [0.25, 0.3) is 0 Å². The molecule has 1 heterocycles. The molecule has 7 heteroatoms. The molecule has 2 N–H and O–H groups in total. The second-order valence-electron chi connectivity index (χ2n) is 4.41. The zero-order valence-corrected chi connectivity index (χ0v) is 11.2. The first-order valence-corrected chi connectivity index (χ1v) is 7.58. The maximum atomic E-state index is 13.0. The average molecular weight is 289 g/mol. The standard InChI is InChI=1S/C12H16FNO4S/c13-9-3-4-11(12(8-9)19(14,15)16)18-7-5-10-2-1-6-17-10/h3-4,8,10H,1-2,5-7H2,(H2,14,15,16). The molecule has 0 spiro atoms. The van der Waals surface area contributed by atoms with Gasteiger partial charge in [0.05, 0.1) is 12.7 Å². The van der Waals surface area contributed by atoms with Gasteiger partial charge in [-0.25, -0.2) is 17.9 Å². The van der Waals surface area contributed by atoms with Crippen LogP contribution in [0.3, 0.4) is 0 Å². The van der Waals surface area contributed by atoms with Crippen LogP contribution in [0.15, 0.2) is 23.1 Å². The van der Waals surface area contributed by atoms with Crippen LogP contribution in [-0.4, -0.2) is 27.7 Å².